The van der Waals surface area contributed by atoms with E-state index < -0.39 is 28.8 Å². The van der Waals surface area contributed by atoms with Gasteiger partial charge in [-0.25, -0.2) is 4.68 Å². The molecule has 1 unspecified atom stereocenters. The monoisotopic (exact) mass is 395 g/mol. The van der Waals surface area contributed by atoms with Crippen molar-refractivity contribution in [1.29, 1.82) is 0 Å². The van der Waals surface area contributed by atoms with Crippen LogP contribution >= 0.6 is 0 Å². The third-order valence-corrected chi connectivity index (χ3v) is 4.54. The summed E-state index contributed by atoms with van der Waals surface area (Å²) in [5, 5.41) is 4.01. The Morgan fingerprint density at radius 1 is 1.21 bits per heavy atom. The Labute approximate surface area is 161 Å². The maximum Gasteiger partial charge on any atom is 0.418 e. The molecule has 0 aliphatic heterocycles. The molecule has 0 aliphatic carbocycles. The van der Waals surface area contributed by atoms with Crippen molar-refractivity contribution in [1.82, 2.24) is 14.7 Å². The number of aryl methyl sites for hydroxylation is 1. The molecule has 152 valence electrons. The molecule has 8 heteroatoms. The first-order valence-corrected chi connectivity index (χ1v) is 8.98. The molecule has 2 rings (SSSR count). The zero-order valence-corrected chi connectivity index (χ0v) is 16.5. The molecule has 1 atom stereocenters. The third-order valence-electron chi connectivity index (χ3n) is 4.54. The first kappa shape index (κ1) is 21.7. The van der Waals surface area contributed by atoms with Crippen LogP contribution in [0.4, 0.5) is 13.2 Å². The van der Waals surface area contributed by atoms with Crippen LogP contribution in [0.3, 0.4) is 0 Å². The number of rotatable bonds is 5. The van der Waals surface area contributed by atoms with Gasteiger partial charge in [0.25, 0.3) is 5.91 Å². The third kappa shape index (κ3) is 4.61. The molecule has 0 N–H and O–H groups in total. The van der Waals surface area contributed by atoms with Gasteiger partial charge >= 0.3 is 6.18 Å². The summed E-state index contributed by atoms with van der Waals surface area (Å²) < 4.78 is 41.1. The number of benzene rings is 1. The van der Waals surface area contributed by atoms with Crippen LogP contribution in [0.2, 0.25) is 0 Å². The van der Waals surface area contributed by atoms with Crippen molar-refractivity contribution in [3.05, 3.63) is 57.5 Å². The fraction of sp³-hybridized carbons (Fsp3) is 0.450. The second kappa shape index (κ2) is 8.16. The van der Waals surface area contributed by atoms with Gasteiger partial charge < -0.3 is 4.90 Å². The van der Waals surface area contributed by atoms with Crippen LogP contribution < -0.4 is 5.43 Å². The van der Waals surface area contributed by atoms with Crippen LogP contribution in [0.5, 0.6) is 0 Å². The number of nitrogens with zero attached hydrogens (tertiary/aromatic N) is 3. The largest absolute Gasteiger partial charge is 0.418 e. The normalized spacial score (nSPS) is 12.9. The first-order chi connectivity index (χ1) is 12.9. The molecular weight excluding hydrogens is 371 g/mol. The van der Waals surface area contributed by atoms with Crippen molar-refractivity contribution in [3.8, 4) is 5.69 Å². The Hall–Kier alpha value is -2.64. The summed E-state index contributed by atoms with van der Waals surface area (Å²) in [4.78, 5) is 26.5. The SMILES string of the molecule is Cc1cc(=O)c(C(=O)N(C)C(C)CC(C)C)nn1-c1ccccc1C(F)(F)F. The molecule has 0 saturated carbocycles. The standard InChI is InChI=1S/C20H24F3N3O2/c1-12(2)10-13(3)25(5)19(28)18-17(27)11-14(4)26(24-18)16-9-7-6-8-15(16)20(21,22)23/h6-9,11-13H,10H2,1-5H3. The van der Waals surface area contributed by atoms with Gasteiger partial charge in [-0.1, -0.05) is 26.0 Å². The van der Waals surface area contributed by atoms with E-state index in [-0.39, 0.29) is 17.4 Å². The highest BCUT2D eigenvalue weighted by atomic mass is 19.4. The van der Waals surface area contributed by atoms with E-state index in [1.807, 2.05) is 20.8 Å². The Balaban J connectivity index is 2.56. The van der Waals surface area contributed by atoms with Gasteiger partial charge in [0.2, 0.25) is 5.43 Å². The molecule has 28 heavy (non-hydrogen) atoms. The molecule has 1 aromatic carbocycles. The van der Waals surface area contributed by atoms with Gasteiger partial charge in [-0.05, 0) is 38.3 Å². The lowest BCUT2D eigenvalue weighted by Crippen LogP contribution is -2.39. The van der Waals surface area contributed by atoms with Crippen LogP contribution in [0.15, 0.2) is 35.1 Å². The lowest BCUT2D eigenvalue weighted by atomic mass is 10.0. The highest BCUT2D eigenvalue weighted by Crippen LogP contribution is 2.33. The average molecular weight is 395 g/mol. The van der Waals surface area contributed by atoms with E-state index in [0.717, 1.165) is 23.2 Å². The lowest BCUT2D eigenvalue weighted by molar-refractivity contribution is -0.137. The van der Waals surface area contributed by atoms with Crippen LogP contribution in [0, 0.1) is 12.8 Å². The van der Waals surface area contributed by atoms with Crippen molar-refractivity contribution in [3.63, 3.8) is 0 Å². The second-order valence-electron chi connectivity index (χ2n) is 7.32. The fourth-order valence-electron chi connectivity index (χ4n) is 3.04. The van der Waals surface area contributed by atoms with E-state index >= 15 is 0 Å². The van der Waals surface area contributed by atoms with Crippen molar-refractivity contribution in [2.24, 2.45) is 5.92 Å². The van der Waals surface area contributed by atoms with E-state index in [4.69, 9.17) is 0 Å². The highest BCUT2D eigenvalue weighted by Gasteiger charge is 2.34. The van der Waals surface area contributed by atoms with Gasteiger partial charge in [-0.2, -0.15) is 18.3 Å². The fourth-order valence-corrected chi connectivity index (χ4v) is 3.04. The van der Waals surface area contributed by atoms with Crippen LogP contribution in [-0.2, 0) is 6.18 Å². The van der Waals surface area contributed by atoms with Crippen LogP contribution in [0.1, 0.15) is 48.9 Å². The molecule has 1 aromatic heterocycles. The number of halogens is 3. The number of hydrogen-bond acceptors (Lipinski definition) is 3. The molecule has 5 nitrogen and oxygen atoms in total. The zero-order valence-electron chi connectivity index (χ0n) is 16.5. The van der Waals surface area contributed by atoms with Gasteiger partial charge in [0, 0.05) is 24.8 Å². The minimum Gasteiger partial charge on any atom is -0.337 e. The smallest absolute Gasteiger partial charge is 0.337 e. The van der Waals surface area contributed by atoms with Crippen LogP contribution in [0.25, 0.3) is 5.69 Å². The van der Waals surface area contributed by atoms with Gasteiger partial charge in [0.05, 0.1) is 11.3 Å². The molecular formula is C20H24F3N3O2. The number of aromatic nitrogens is 2. The number of carbonyl (C=O) groups excluding carboxylic acids is 1. The van der Waals surface area contributed by atoms with Crippen molar-refractivity contribution < 1.29 is 18.0 Å². The molecule has 0 saturated heterocycles. The minimum absolute atomic E-state index is 0.147. The van der Waals surface area contributed by atoms with Gasteiger partial charge in [-0.3, -0.25) is 9.59 Å². The Bertz CT molecular complexity index is 920. The minimum atomic E-state index is -4.60. The quantitative estimate of drug-likeness (QED) is 0.767. The lowest BCUT2D eigenvalue weighted by Gasteiger charge is -2.26. The van der Waals surface area contributed by atoms with Gasteiger partial charge in [0.1, 0.15) is 0 Å². The van der Waals surface area contributed by atoms with E-state index in [1.165, 1.54) is 30.0 Å². The summed E-state index contributed by atoms with van der Waals surface area (Å²) in [5.41, 5.74) is -1.95. The summed E-state index contributed by atoms with van der Waals surface area (Å²) in [6, 6.07) is 5.90. The maximum absolute atomic E-state index is 13.4. The van der Waals surface area contributed by atoms with E-state index in [9.17, 15) is 22.8 Å². The van der Waals surface area contributed by atoms with Crippen molar-refractivity contribution in [2.45, 2.75) is 46.3 Å². The number of hydrogen-bond donors (Lipinski definition) is 0. The maximum atomic E-state index is 13.4. The molecule has 0 radical (unpaired) electrons. The summed E-state index contributed by atoms with van der Waals surface area (Å²) in [7, 11) is 1.56. The summed E-state index contributed by atoms with van der Waals surface area (Å²) in [5.74, 6) is -0.275. The Morgan fingerprint density at radius 2 is 1.82 bits per heavy atom. The van der Waals surface area contributed by atoms with Crippen molar-refractivity contribution in [2.75, 3.05) is 7.05 Å². The molecule has 1 amide bonds. The predicted octanol–water partition coefficient (Wildman–Crippen LogP) is 4.07. The number of carbonyl (C=O) groups is 1. The average Bonchev–Trinajstić information content (AvgIpc) is 2.59. The second-order valence-corrected chi connectivity index (χ2v) is 7.32. The topological polar surface area (TPSA) is 55.2 Å². The summed E-state index contributed by atoms with van der Waals surface area (Å²) >= 11 is 0. The van der Waals surface area contributed by atoms with E-state index in [1.54, 1.807) is 7.05 Å². The Morgan fingerprint density at radius 3 is 2.39 bits per heavy atom. The first-order valence-electron chi connectivity index (χ1n) is 8.98. The molecule has 0 fully saturated rings. The number of para-hydroxylation sites is 1. The predicted molar refractivity (Wildman–Crippen MR) is 101 cm³/mol. The van der Waals surface area contributed by atoms with Crippen LogP contribution in [-0.4, -0.2) is 33.7 Å². The highest BCUT2D eigenvalue weighted by molar-refractivity contribution is 5.92. The summed E-state index contributed by atoms with van der Waals surface area (Å²) in [6.07, 6.45) is -3.88. The molecule has 0 spiro atoms. The molecule has 1 heterocycles. The number of amides is 1. The molecule has 0 aliphatic rings. The van der Waals surface area contributed by atoms with E-state index in [0.29, 0.717) is 5.92 Å². The molecule has 2 aromatic rings. The number of alkyl halides is 3. The summed E-state index contributed by atoms with van der Waals surface area (Å²) in [6.45, 7) is 7.35. The van der Waals surface area contributed by atoms with E-state index in [2.05, 4.69) is 5.10 Å². The van der Waals surface area contributed by atoms with Gasteiger partial charge in [0.15, 0.2) is 5.69 Å². The molecule has 0 bridgehead atoms. The zero-order chi connectivity index (χ0) is 21.2. The van der Waals surface area contributed by atoms with Gasteiger partial charge in [-0.15, -0.1) is 0 Å². The van der Waals surface area contributed by atoms with Crippen molar-refractivity contribution >= 4 is 5.91 Å². The Kier molecular flexibility index (Phi) is 6.31.